The normalized spacial score (nSPS) is 15.2. The Morgan fingerprint density at radius 1 is 1.37 bits per heavy atom. The fourth-order valence-electron chi connectivity index (χ4n) is 1.83. The van der Waals surface area contributed by atoms with Crippen LogP contribution in [0, 0.1) is 5.92 Å². The summed E-state index contributed by atoms with van der Waals surface area (Å²) >= 11 is 0. The molecule has 1 aromatic heterocycles. The number of sulfonamides is 1. The van der Waals surface area contributed by atoms with E-state index < -0.39 is 10.0 Å². The molecule has 0 bridgehead atoms. The number of nitrogens with zero attached hydrogens (tertiary/aromatic N) is 1. The number of pyridine rings is 1. The van der Waals surface area contributed by atoms with E-state index in [1.165, 1.54) is 12.3 Å². The predicted molar refractivity (Wildman–Crippen MR) is 76.0 cm³/mol. The van der Waals surface area contributed by atoms with Crippen LogP contribution in [0.2, 0.25) is 0 Å². The van der Waals surface area contributed by atoms with Crippen molar-refractivity contribution in [2.45, 2.75) is 51.2 Å². The highest BCUT2D eigenvalue weighted by atomic mass is 32.2. The van der Waals surface area contributed by atoms with Gasteiger partial charge in [-0.2, -0.15) is 0 Å². The number of nitrogens with two attached hydrogens (primary N) is 1. The van der Waals surface area contributed by atoms with E-state index in [4.69, 9.17) is 5.73 Å². The zero-order valence-corrected chi connectivity index (χ0v) is 12.6. The van der Waals surface area contributed by atoms with Crippen LogP contribution in [0.15, 0.2) is 23.4 Å². The van der Waals surface area contributed by atoms with Gasteiger partial charge in [-0.1, -0.05) is 26.3 Å². The van der Waals surface area contributed by atoms with Crippen LogP contribution in [0.4, 0.5) is 0 Å². The zero-order valence-electron chi connectivity index (χ0n) is 11.8. The first kappa shape index (κ1) is 16.1. The average Bonchev–Trinajstić information content (AvgIpc) is 2.37. The molecular weight excluding hydrogens is 262 g/mol. The minimum Gasteiger partial charge on any atom is -0.326 e. The summed E-state index contributed by atoms with van der Waals surface area (Å²) in [5, 5.41) is 0.0423. The molecule has 0 aromatic carbocycles. The second-order valence-electron chi connectivity index (χ2n) is 4.98. The summed E-state index contributed by atoms with van der Waals surface area (Å²) in [6, 6.07) is 3.07. The van der Waals surface area contributed by atoms with Crippen molar-refractivity contribution in [2.24, 2.45) is 11.7 Å². The average molecular weight is 285 g/mol. The van der Waals surface area contributed by atoms with Gasteiger partial charge >= 0.3 is 0 Å². The molecule has 0 aliphatic carbocycles. The summed E-state index contributed by atoms with van der Waals surface area (Å²) in [6.07, 6.45) is 3.35. The lowest BCUT2D eigenvalue weighted by atomic mass is 10.0. The monoisotopic (exact) mass is 285 g/mol. The molecule has 19 heavy (non-hydrogen) atoms. The Hall–Kier alpha value is -0.980. The van der Waals surface area contributed by atoms with Crippen molar-refractivity contribution in [3.05, 3.63) is 23.9 Å². The van der Waals surface area contributed by atoms with E-state index in [-0.39, 0.29) is 11.1 Å². The minimum absolute atomic E-state index is 0.0423. The smallest absolute Gasteiger partial charge is 0.258 e. The van der Waals surface area contributed by atoms with Crippen LogP contribution in [-0.2, 0) is 16.6 Å². The molecule has 5 nitrogen and oxygen atoms in total. The molecule has 1 aromatic rings. The molecule has 0 aliphatic heterocycles. The van der Waals surface area contributed by atoms with Crippen LogP contribution in [-0.4, -0.2) is 19.4 Å². The Morgan fingerprint density at radius 3 is 2.53 bits per heavy atom. The first-order chi connectivity index (χ1) is 8.89. The molecular formula is C13H23N3O2S. The molecule has 1 rings (SSSR count). The Labute approximate surface area is 115 Å². The van der Waals surface area contributed by atoms with Crippen LogP contribution >= 0.6 is 0 Å². The van der Waals surface area contributed by atoms with E-state index in [9.17, 15) is 8.42 Å². The van der Waals surface area contributed by atoms with E-state index in [1.807, 2.05) is 6.92 Å². The Morgan fingerprint density at radius 2 is 2.05 bits per heavy atom. The molecule has 2 unspecified atom stereocenters. The maximum absolute atomic E-state index is 12.1. The molecule has 2 atom stereocenters. The molecule has 6 heteroatoms. The standard InChI is InChI=1S/C13H23N3O2S/c1-4-10(2)7-11(3)16-19(17,18)13-6-5-12(8-14)9-15-13/h5-6,9-11,16H,4,7-8,14H2,1-3H3. The molecule has 0 aliphatic rings. The topological polar surface area (TPSA) is 85.1 Å². The maximum Gasteiger partial charge on any atom is 0.258 e. The van der Waals surface area contributed by atoms with Gasteiger partial charge in [-0.05, 0) is 30.9 Å². The summed E-state index contributed by atoms with van der Waals surface area (Å²) < 4.78 is 26.9. The molecule has 0 fully saturated rings. The van der Waals surface area contributed by atoms with E-state index in [1.54, 1.807) is 6.07 Å². The SMILES string of the molecule is CCC(C)CC(C)NS(=O)(=O)c1ccc(CN)cn1. The molecule has 0 saturated carbocycles. The fourth-order valence-corrected chi connectivity index (χ4v) is 3.02. The van der Waals surface area contributed by atoms with Crippen molar-refractivity contribution in [1.29, 1.82) is 0 Å². The van der Waals surface area contributed by atoms with Crippen molar-refractivity contribution in [2.75, 3.05) is 0 Å². The van der Waals surface area contributed by atoms with Gasteiger partial charge in [0.25, 0.3) is 10.0 Å². The molecule has 3 N–H and O–H groups in total. The molecule has 0 spiro atoms. The maximum atomic E-state index is 12.1. The number of hydrogen-bond acceptors (Lipinski definition) is 4. The van der Waals surface area contributed by atoms with Crippen molar-refractivity contribution >= 4 is 10.0 Å². The number of nitrogens with one attached hydrogen (secondary N) is 1. The number of rotatable bonds is 7. The number of hydrogen-bond donors (Lipinski definition) is 2. The summed E-state index contributed by atoms with van der Waals surface area (Å²) in [5.41, 5.74) is 6.27. The second-order valence-corrected chi connectivity index (χ2v) is 6.64. The lowest BCUT2D eigenvalue weighted by Gasteiger charge is -2.17. The highest BCUT2D eigenvalue weighted by molar-refractivity contribution is 7.89. The minimum atomic E-state index is -3.54. The van der Waals surface area contributed by atoms with Gasteiger partial charge in [-0.3, -0.25) is 0 Å². The highest BCUT2D eigenvalue weighted by Gasteiger charge is 2.19. The van der Waals surface area contributed by atoms with Gasteiger partial charge < -0.3 is 5.73 Å². The quantitative estimate of drug-likeness (QED) is 0.797. The van der Waals surface area contributed by atoms with Crippen molar-refractivity contribution in [1.82, 2.24) is 9.71 Å². The van der Waals surface area contributed by atoms with Gasteiger partial charge in [-0.25, -0.2) is 18.1 Å². The van der Waals surface area contributed by atoms with E-state index in [2.05, 4.69) is 23.6 Å². The lowest BCUT2D eigenvalue weighted by molar-refractivity contribution is 0.445. The number of aromatic nitrogens is 1. The van der Waals surface area contributed by atoms with E-state index >= 15 is 0 Å². The van der Waals surface area contributed by atoms with Gasteiger partial charge in [0.05, 0.1) is 0 Å². The van der Waals surface area contributed by atoms with Gasteiger partial charge in [0.15, 0.2) is 5.03 Å². The Bertz CT molecular complexity index is 485. The molecule has 1 heterocycles. The van der Waals surface area contributed by atoms with Crippen LogP contribution < -0.4 is 10.5 Å². The third-order valence-corrected chi connectivity index (χ3v) is 4.62. The Balaban J connectivity index is 2.74. The third-order valence-electron chi connectivity index (χ3n) is 3.12. The summed E-state index contributed by atoms with van der Waals surface area (Å²) in [4.78, 5) is 3.94. The van der Waals surface area contributed by atoms with Crippen LogP contribution in [0.3, 0.4) is 0 Å². The second kappa shape index (κ2) is 6.98. The Kier molecular flexibility index (Phi) is 5.90. The highest BCUT2D eigenvalue weighted by Crippen LogP contribution is 2.12. The van der Waals surface area contributed by atoms with Crippen molar-refractivity contribution in [3.8, 4) is 0 Å². The van der Waals surface area contributed by atoms with Crippen LogP contribution in [0.25, 0.3) is 0 Å². The first-order valence-corrected chi connectivity index (χ1v) is 8.04. The lowest BCUT2D eigenvalue weighted by Crippen LogP contribution is -2.34. The fraction of sp³-hybridized carbons (Fsp3) is 0.615. The zero-order chi connectivity index (χ0) is 14.5. The molecule has 0 saturated heterocycles. The molecule has 108 valence electrons. The van der Waals surface area contributed by atoms with Crippen LogP contribution in [0.5, 0.6) is 0 Å². The van der Waals surface area contributed by atoms with Gasteiger partial charge in [0.2, 0.25) is 0 Å². The predicted octanol–water partition coefficient (Wildman–Crippen LogP) is 1.64. The van der Waals surface area contributed by atoms with Crippen LogP contribution in [0.1, 0.15) is 39.2 Å². The summed E-state index contributed by atoms with van der Waals surface area (Å²) in [7, 11) is -3.54. The molecule has 0 radical (unpaired) electrons. The van der Waals surface area contributed by atoms with Crippen molar-refractivity contribution < 1.29 is 8.42 Å². The molecule has 0 amide bonds. The van der Waals surface area contributed by atoms with Gasteiger partial charge in [-0.15, -0.1) is 0 Å². The first-order valence-electron chi connectivity index (χ1n) is 6.56. The summed E-state index contributed by atoms with van der Waals surface area (Å²) in [5.74, 6) is 0.491. The van der Waals surface area contributed by atoms with Crippen molar-refractivity contribution in [3.63, 3.8) is 0 Å². The third kappa shape index (κ3) is 4.89. The van der Waals surface area contributed by atoms with E-state index in [0.717, 1.165) is 18.4 Å². The van der Waals surface area contributed by atoms with Gasteiger partial charge in [0.1, 0.15) is 0 Å². The largest absolute Gasteiger partial charge is 0.326 e. The van der Waals surface area contributed by atoms with E-state index in [0.29, 0.717) is 12.5 Å². The summed E-state index contributed by atoms with van der Waals surface area (Å²) in [6.45, 7) is 6.43. The van der Waals surface area contributed by atoms with Gasteiger partial charge in [0, 0.05) is 18.8 Å².